The number of aliphatic hydroxyl groups excluding tert-OH is 1. The van der Waals surface area contributed by atoms with Crippen LogP contribution in [0, 0.1) is 11.6 Å². The Bertz CT molecular complexity index is 958. The predicted molar refractivity (Wildman–Crippen MR) is 101 cm³/mol. The molecule has 0 aliphatic carbocycles. The molecule has 4 rings (SSSR count). The maximum atomic E-state index is 14.6. The number of anilines is 2. The molecule has 0 bridgehead atoms. The Labute approximate surface area is 155 Å². The van der Waals surface area contributed by atoms with Gasteiger partial charge in [-0.15, -0.1) is 0 Å². The van der Waals surface area contributed by atoms with E-state index in [9.17, 15) is 13.9 Å². The fourth-order valence-electron chi connectivity index (χ4n) is 3.40. The van der Waals surface area contributed by atoms with E-state index in [1.165, 1.54) is 18.5 Å². The van der Waals surface area contributed by atoms with Crippen LogP contribution in [0.5, 0.6) is 0 Å². The molecule has 140 valence electrons. The summed E-state index contributed by atoms with van der Waals surface area (Å²) in [5, 5.41) is 13.3. The van der Waals surface area contributed by atoms with Crippen molar-refractivity contribution in [3.63, 3.8) is 0 Å². The van der Waals surface area contributed by atoms with Crippen molar-refractivity contribution in [1.29, 1.82) is 0 Å². The number of piperidine rings is 1. The summed E-state index contributed by atoms with van der Waals surface area (Å²) in [6.45, 7) is 1.65. The van der Waals surface area contributed by atoms with Gasteiger partial charge in [0, 0.05) is 25.0 Å². The smallest absolute Gasteiger partial charge is 0.149 e. The van der Waals surface area contributed by atoms with Gasteiger partial charge in [0.1, 0.15) is 29.3 Å². The zero-order valence-corrected chi connectivity index (χ0v) is 14.7. The second-order valence-corrected chi connectivity index (χ2v) is 6.72. The summed E-state index contributed by atoms with van der Waals surface area (Å²) in [5.41, 5.74) is 1.57. The van der Waals surface area contributed by atoms with Gasteiger partial charge in [-0.2, -0.15) is 0 Å². The van der Waals surface area contributed by atoms with Crippen LogP contribution in [0.2, 0.25) is 0 Å². The van der Waals surface area contributed by atoms with Crippen LogP contribution < -0.4 is 10.2 Å². The van der Waals surface area contributed by atoms with E-state index < -0.39 is 5.82 Å². The lowest BCUT2D eigenvalue weighted by molar-refractivity contribution is 0.145. The van der Waals surface area contributed by atoms with Crippen molar-refractivity contribution in [2.45, 2.75) is 25.5 Å². The van der Waals surface area contributed by atoms with Gasteiger partial charge in [0.25, 0.3) is 0 Å². The van der Waals surface area contributed by atoms with Gasteiger partial charge in [-0.3, -0.25) is 0 Å². The largest absolute Gasteiger partial charge is 0.393 e. The van der Waals surface area contributed by atoms with Crippen LogP contribution in [0.1, 0.15) is 18.4 Å². The van der Waals surface area contributed by atoms with Gasteiger partial charge >= 0.3 is 0 Å². The fraction of sp³-hybridized carbons (Fsp3) is 0.300. The normalized spacial score (nSPS) is 15.3. The highest BCUT2D eigenvalue weighted by atomic mass is 19.1. The number of benzene rings is 2. The van der Waals surface area contributed by atoms with Gasteiger partial charge in [0.15, 0.2) is 0 Å². The van der Waals surface area contributed by atoms with Crippen LogP contribution in [0.4, 0.5) is 20.3 Å². The lowest BCUT2D eigenvalue weighted by Crippen LogP contribution is -2.36. The van der Waals surface area contributed by atoms with Gasteiger partial charge in [-0.05, 0) is 42.7 Å². The third kappa shape index (κ3) is 3.68. The van der Waals surface area contributed by atoms with Crippen molar-refractivity contribution in [3.05, 3.63) is 59.9 Å². The first-order valence-corrected chi connectivity index (χ1v) is 8.96. The van der Waals surface area contributed by atoms with Crippen LogP contribution >= 0.6 is 0 Å². The van der Waals surface area contributed by atoms with Crippen LogP contribution in [0.15, 0.2) is 42.7 Å². The van der Waals surface area contributed by atoms with E-state index in [0.717, 1.165) is 5.56 Å². The Balaban J connectivity index is 1.49. The number of halogens is 2. The molecule has 5 nitrogen and oxygen atoms in total. The van der Waals surface area contributed by atoms with E-state index in [1.807, 2.05) is 11.0 Å². The van der Waals surface area contributed by atoms with E-state index in [1.54, 1.807) is 18.2 Å². The van der Waals surface area contributed by atoms with Crippen LogP contribution in [-0.4, -0.2) is 34.3 Å². The molecule has 2 aromatic carbocycles. The molecule has 1 aliphatic rings. The molecule has 1 aliphatic heterocycles. The average Bonchev–Trinajstić information content (AvgIpc) is 2.68. The van der Waals surface area contributed by atoms with Crippen LogP contribution in [0.3, 0.4) is 0 Å². The summed E-state index contributed by atoms with van der Waals surface area (Å²) in [6.07, 6.45) is 2.32. The van der Waals surface area contributed by atoms with Crippen molar-refractivity contribution in [2.75, 3.05) is 23.3 Å². The molecule has 1 saturated heterocycles. The lowest BCUT2D eigenvalue weighted by atomic mass is 10.1. The van der Waals surface area contributed by atoms with Crippen molar-refractivity contribution >= 4 is 22.4 Å². The van der Waals surface area contributed by atoms with Crippen molar-refractivity contribution in [1.82, 2.24) is 9.97 Å². The Kier molecular flexibility index (Phi) is 4.85. The van der Waals surface area contributed by atoms with Crippen molar-refractivity contribution < 1.29 is 13.9 Å². The number of hydrogen-bond acceptors (Lipinski definition) is 5. The Morgan fingerprint density at radius 1 is 1.07 bits per heavy atom. The van der Waals surface area contributed by atoms with E-state index in [4.69, 9.17) is 0 Å². The number of fused-ring (bicyclic) bond motifs is 1. The highest BCUT2D eigenvalue weighted by Crippen LogP contribution is 2.25. The third-order valence-electron chi connectivity index (χ3n) is 4.89. The molecular weight excluding hydrogens is 350 g/mol. The maximum absolute atomic E-state index is 14.6. The monoisotopic (exact) mass is 370 g/mol. The van der Waals surface area contributed by atoms with Gasteiger partial charge < -0.3 is 15.3 Å². The van der Waals surface area contributed by atoms with Gasteiger partial charge in [-0.1, -0.05) is 12.1 Å². The molecule has 0 unspecified atom stereocenters. The third-order valence-corrected chi connectivity index (χ3v) is 4.89. The van der Waals surface area contributed by atoms with Crippen LogP contribution in [0.25, 0.3) is 10.9 Å². The number of aliphatic hydroxyl groups is 1. The van der Waals surface area contributed by atoms with E-state index in [-0.39, 0.29) is 17.4 Å². The number of nitrogens with one attached hydrogen (secondary N) is 1. The van der Waals surface area contributed by atoms with Crippen molar-refractivity contribution in [2.24, 2.45) is 0 Å². The summed E-state index contributed by atoms with van der Waals surface area (Å²) < 4.78 is 28.4. The molecule has 3 aromatic rings. The van der Waals surface area contributed by atoms with Gasteiger partial charge in [-0.25, -0.2) is 18.7 Å². The molecule has 0 atom stereocenters. The van der Waals surface area contributed by atoms with E-state index >= 15 is 0 Å². The molecule has 0 saturated carbocycles. The predicted octanol–water partition coefficient (Wildman–Crippen LogP) is 3.48. The Hall–Kier alpha value is -2.80. The molecule has 1 fully saturated rings. The summed E-state index contributed by atoms with van der Waals surface area (Å²) in [7, 11) is 0. The maximum Gasteiger partial charge on any atom is 0.149 e. The first-order valence-electron chi connectivity index (χ1n) is 8.96. The minimum Gasteiger partial charge on any atom is -0.393 e. The van der Waals surface area contributed by atoms with Gasteiger partial charge in [0.2, 0.25) is 0 Å². The zero-order valence-electron chi connectivity index (χ0n) is 14.7. The van der Waals surface area contributed by atoms with Crippen molar-refractivity contribution in [3.8, 4) is 0 Å². The molecular formula is C20H20F2N4O. The first kappa shape index (κ1) is 17.6. The second-order valence-electron chi connectivity index (χ2n) is 6.72. The second kappa shape index (κ2) is 7.44. The number of rotatable bonds is 4. The fourth-order valence-corrected chi connectivity index (χ4v) is 3.40. The van der Waals surface area contributed by atoms with Crippen LogP contribution in [-0.2, 0) is 6.54 Å². The van der Waals surface area contributed by atoms with E-state index in [0.29, 0.717) is 49.4 Å². The molecule has 2 N–H and O–H groups in total. The standard InChI is InChI=1S/C20H20F2N4O/c21-16-3-1-2-15-19(16)24-12-25-20(15)23-11-13-4-5-18(17(22)10-13)26-8-6-14(27)7-9-26/h1-5,10,12,14,27H,6-9,11H2,(H,23,24,25). The molecule has 7 heteroatoms. The summed E-state index contributed by atoms with van der Waals surface area (Å²) >= 11 is 0. The quantitative estimate of drug-likeness (QED) is 0.736. The average molecular weight is 370 g/mol. The number of nitrogens with zero attached hydrogens (tertiary/aromatic N) is 3. The topological polar surface area (TPSA) is 61.3 Å². The highest BCUT2D eigenvalue weighted by Gasteiger charge is 2.19. The molecule has 0 amide bonds. The zero-order chi connectivity index (χ0) is 18.8. The number of hydrogen-bond donors (Lipinski definition) is 2. The molecule has 1 aromatic heterocycles. The summed E-state index contributed by atoms with van der Waals surface area (Å²) in [6, 6.07) is 9.83. The first-order chi connectivity index (χ1) is 13.1. The minimum atomic E-state index is -0.403. The highest BCUT2D eigenvalue weighted by molar-refractivity contribution is 5.89. The number of para-hydroxylation sites is 1. The summed E-state index contributed by atoms with van der Waals surface area (Å²) in [5.74, 6) is -0.182. The summed E-state index contributed by atoms with van der Waals surface area (Å²) in [4.78, 5) is 10.1. The molecule has 0 spiro atoms. The Morgan fingerprint density at radius 3 is 2.67 bits per heavy atom. The van der Waals surface area contributed by atoms with Gasteiger partial charge in [0.05, 0.1) is 11.8 Å². The minimum absolute atomic E-state index is 0.254. The Morgan fingerprint density at radius 2 is 1.89 bits per heavy atom. The SMILES string of the molecule is OC1CCN(c2ccc(CNc3ncnc4c(F)cccc34)cc2F)CC1. The molecule has 2 heterocycles. The lowest BCUT2D eigenvalue weighted by Gasteiger charge is -2.31. The molecule has 27 heavy (non-hydrogen) atoms. The van der Waals surface area contributed by atoms with E-state index in [2.05, 4.69) is 15.3 Å². The number of aromatic nitrogens is 2. The molecule has 0 radical (unpaired) electrons.